The first-order valence-electron chi connectivity index (χ1n) is 5.41. The van der Waals surface area contributed by atoms with Gasteiger partial charge in [0.2, 0.25) is 0 Å². The molecule has 0 radical (unpaired) electrons. The molecular formula is C13H18O2S. The van der Waals surface area contributed by atoms with Gasteiger partial charge in [0, 0.05) is 4.90 Å². The van der Waals surface area contributed by atoms with Crippen molar-refractivity contribution in [3.63, 3.8) is 0 Å². The Kier molecular flexibility index (Phi) is 4.42. The highest BCUT2D eigenvalue weighted by atomic mass is 32.2. The van der Waals surface area contributed by atoms with Crippen molar-refractivity contribution in [1.29, 1.82) is 0 Å². The zero-order valence-corrected chi connectivity index (χ0v) is 11.0. The Bertz CT molecular complexity index is 386. The average molecular weight is 238 g/mol. The molecular weight excluding hydrogens is 220 g/mol. The summed E-state index contributed by atoms with van der Waals surface area (Å²) in [5, 5.41) is 8.49. The first-order valence-corrected chi connectivity index (χ1v) is 6.29. The van der Waals surface area contributed by atoms with Gasteiger partial charge >= 0.3 is 5.97 Å². The summed E-state index contributed by atoms with van der Waals surface area (Å²) in [5.74, 6) is -0.292. The lowest BCUT2D eigenvalue weighted by atomic mass is 10.0. The van der Waals surface area contributed by atoms with Gasteiger partial charge in [0.1, 0.15) is 5.25 Å². The Morgan fingerprint density at radius 3 is 2.44 bits per heavy atom. The number of aliphatic carboxylic acids is 1. The SMILES string of the molecule is Cc1ccc(C(C)C)cc1SC(C)C(=O)O. The number of thioether (sulfide) groups is 1. The van der Waals surface area contributed by atoms with Gasteiger partial charge in [-0.3, -0.25) is 4.79 Å². The lowest BCUT2D eigenvalue weighted by Crippen LogP contribution is -2.11. The number of hydrogen-bond acceptors (Lipinski definition) is 2. The highest BCUT2D eigenvalue weighted by Gasteiger charge is 2.14. The molecule has 0 aliphatic rings. The molecule has 0 spiro atoms. The van der Waals surface area contributed by atoms with Crippen LogP contribution in [0.2, 0.25) is 0 Å². The van der Waals surface area contributed by atoms with E-state index in [4.69, 9.17) is 5.11 Å². The molecule has 0 aliphatic heterocycles. The number of rotatable bonds is 4. The second-order valence-electron chi connectivity index (χ2n) is 4.28. The van der Waals surface area contributed by atoms with E-state index in [0.29, 0.717) is 5.92 Å². The van der Waals surface area contributed by atoms with Crippen molar-refractivity contribution >= 4 is 17.7 Å². The van der Waals surface area contributed by atoms with Crippen LogP contribution >= 0.6 is 11.8 Å². The summed E-state index contributed by atoms with van der Waals surface area (Å²) in [7, 11) is 0. The Balaban J connectivity index is 2.94. The molecule has 0 bridgehead atoms. The van der Waals surface area contributed by atoms with Crippen molar-refractivity contribution in [2.45, 2.75) is 43.8 Å². The topological polar surface area (TPSA) is 37.3 Å². The molecule has 0 saturated heterocycles. The molecule has 1 aromatic rings. The van der Waals surface area contributed by atoms with Crippen molar-refractivity contribution in [1.82, 2.24) is 0 Å². The van der Waals surface area contributed by atoms with E-state index < -0.39 is 11.2 Å². The molecule has 1 rings (SSSR count). The lowest BCUT2D eigenvalue weighted by molar-refractivity contribution is -0.136. The molecule has 0 fully saturated rings. The zero-order chi connectivity index (χ0) is 12.3. The maximum Gasteiger partial charge on any atom is 0.316 e. The average Bonchev–Trinajstić information content (AvgIpc) is 2.20. The van der Waals surface area contributed by atoms with Gasteiger partial charge in [-0.15, -0.1) is 11.8 Å². The minimum Gasteiger partial charge on any atom is -0.480 e. The Morgan fingerprint density at radius 1 is 1.31 bits per heavy atom. The van der Waals surface area contributed by atoms with Gasteiger partial charge in [-0.25, -0.2) is 0 Å². The van der Waals surface area contributed by atoms with Gasteiger partial charge in [-0.05, 0) is 37.0 Å². The second-order valence-corrected chi connectivity index (χ2v) is 5.66. The van der Waals surface area contributed by atoms with E-state index in [1.165, 1.54) is 17.3 Å². The molecule has 0 saturated carbocycles. The lowest BCUT2D eigenvalue weighted by Gasteiger charge is -2.12. The van der Waals surface area contributed by atoms with Gasteiger partial charge in [0.25, 0.3) is 0 Å². The largest absolute Gasteiger partial charge is 0.480 e. The Morgan fingerprint density at radius 2 is 1.94 bits per heavy atom. The molecule has 16 heavy (non-hydrogen) atoms. The van der Waals surface area contributed by atoms with Gasteiger partial charge < -0.3 is 5.11 Å². The third-order valence-corrected chi connectivity index (χ3v) is 3.78. The van der Waals surface area contributed by atoms with E-state index in [1.807, 2.05) is 6.92 Å². The van der Waals surface area contributed by atoms with Crippen molar-refractivity contribution < 1.29 is 9.90 Å². The van der Waals surface area contributed by atoms with Crippen LogP contribution in [0.4, 0.5) is 0 Å². The molecule has 1 unspecified atom stereocenters. The molecule has 2 nitrogen and oxygen atoms in total. The van der Waals surface area contributed by atoms with E-state index in [2.05, 4.69) is 32.0 Å². The maximum atomic E-state index is 10.8. The molecule has 3 heteroatoms. The summed E-state index contributed by atoms with van der Waals surface area (Å²) in [5.41, 5.74) is 2.40. The van der Waals surface area contributed by atoms with Gasteiger partial charge in [-0.2, -0.15) is 0 Å². The third kappa shape index (κ3) is 3.27. The zero-order valence-electron chi connectivity index (χ0n) is 10.2. The van der Waals surface area contributed by atoms with Gasteiger partial charge in [0.05, 0.1) is 0 Å². The monoisotopic (exact) mass is 238 g/mol. The van der Waals surface area contributed by atoms with Crippen LogP contribution in [0.5, 0.6) is 0 Å². The standard InChI is InChI=1S/C13H18O2S/c1-8(2)11-6-5-9(3)12(7-11)16-10(4)13(14)15/h5-8,10H,1-4H3,(H,14,15). The molecule has 0 aromatic heterocycles. The molecule has 0 heterocycles. The summed E-state index contributed by atoms with van der Waals surface area (Å²) in [6, 6.07) is 6.27. The number of carbonyl (C=O) groups is 1. The molecule has 0 aliphatic carbocycles. The molecule has 1 aromatic carbocycles. The van der Waals surface area contributed by atoms with E-state index in [-0.39, 0.29) is 0 Å². The number of carboxylic acid groups (broad SMARTS) is 1. The predicted octanol–water partition coefficient (Wildman–Crippen LogP) is 3.68. The van der Waals surface area contributed by atoms with Crippen LogP contribution < -0.4 is 0 Å². The van der Waals surface area contributed by atoms with Crippen LogP contribution in [0.15, 0.2) is 23.1 Å². The fraction of sp³-hybridized carbons (Fsp3) is 0.462. The molecule has 1 atom stereocenters. The highest BCUT2D eigenvalue weighted by Crippen LogP contribution is 2.29. The highest BCUT2D eigenvalue weighted by molar-refractivity contribution is 8.00. The van der Waals surface area contributed by atoms with E-state index in [0.717, 1.165) is 10.5 Å². The fourth-order valence-corrected chi connectivity index (χ4v) is 2.28. The van der Waals surface area contributed by atoms with Crippen molar-refractivity contribution in [3.05, 3.63) is 29.3 Å². The van der Waals surface area contributed by atoms with Crippen LogP contribution in [0.3, 0.4) is 0 Å². The Labute approximate surface area is 101 Å². The smallest absolute Gasteiger partial charge is 0.316 e. The number of carboxylic acids is 1. The Hall–Kier alpha value is -0.960. The molecule has 0 amide bonds. The third-order valence-electron chi connectivity index (χ3n) is 2.53. The normalized spacial score (nSPS) is 12.8. The second kappa shape index (κ2) is 5.39. The number of aryl methyl sites for hydroxylation is 1. The van der Waals surface area contributed by atoms with E-state index in [9.17, 15) is 4.79 Å². The van der Waals surface area contributed by atoms with Crippen molar-refractivity contribution in [2.75, 3.05) is 0 Å². The summed E-state index contributed by atoms with van der Waals surface area (Å²) in [4.78, 5) is 11.9. The summed E-state index contributed by atoms with van der Waals surface area (Å²) in [6.45, 7) is 8.01. The van der Waals surface area contributed by atoms with Crippen LogP contribution in [-0.2, 0) is 4.79 Å². The minimum atomic E-state index is -0.764. The first-order chi connectivity index (χ1) is 7.41. The predicted molar refractivity (Wildman–Crippen MR) is 68.2 cm³/mol. The van der Waals surface area contributed by atoms with E-state index >= 15 is 0 Å². The van der Waals surface area contributed by atoms with Gasteiger partial charge in [0.15, 0.2) is 0 Å². The van der Waals surface area contributed by atoms with Crippen LogP contribution in [0.25, 0.3) is 0 Å². The maximum absolute atomic E-state index is 10.8. The summed E-state index contributed by atoms with van der Waals surface area (Å²) in [6.07, 6.45) is 0. The van der Waals surface area contributed by atoms with Crippen LogP contribution in [-0.4, -0.2) is 16.3 Å². The number of benzene rings is 1. The molecule has 88 valence electrons. The van der Waals surface area contributed by atoms with Crippen molar-refractivity contribution in [3.8, 4) is 0 Å². The first kappa shape index (κ1) is 13.1. The van der Waals surface area contributed by atoms with E-state index in [1.54, 1.807) is 6.92 Å². The fourth-order valence-electron chi connectivity index (χ4n) is 1.34. The van der Waals surface area contributed by atoms with Crippen LogP contribution in [0, 0.1) is 6.92 Å². The minimum absolute atomic E-state index is 0.402. The quantitative estimate of drug-likeness (QED) is 0.813. The summed E-state index contributed by atoms with van der Waals surface area (Å²) >= 11 is 1.41. The van der Waals surface area contributed by atoms with Crippen molar-refractivity contribution in [2.24, 2.45) is 0 Å². The van der Waals surface area contributed by atoms with Crippen LogP contribution in [0.1, 0.15) is 37.8 Å². The molecule has 1 N–H and O–H groups in total. The summed E-state index contributed by atoms with van der Waals surface area (Å²) < 4.78 is 0. The van der Waals surface area contributed by atoms with Gasteiger partial charge in [-0.1, -0.05) is 26.0 Å². The number of hydrogen-bond donors (Lipinski definition) is 1.